The van der Waals surface area contributed by atoms with E-state index in [0.29, 0.717) is 18.1 Å². The predicted molar refractivity (Wildman–Crippen MR) is 81.5 cm³/mol. The molecule has 0 bridgehead atoms. The van der Waals surface area contributed by atoms with Crippen molar-refractivity contribution in [2.45, 2.75) is 52.9 Å². The van der Waals surface area contributed by atoms with Crippen LogP contribution in [0.15, 0.2) is 18.2 Å². The van der Waals surface area contributed by atoms with E-state index in [0.717, 1.165) is 12.0 Å². The zero-order chi connectivity index (χ0) is 15.8. The lowest BCUT2D eigenvalue weighted by Crippen LogP contribution is -2.41. The van der Waals surface area contributed by atoms with Crippen LogP contribution in [0.3, 0.4) is 0 Å². The van der Waals surface area contributed by atoms with E-state index in [2.05, 4.69) is 5.32 Å². The average Bonchev–Trinajstić information content (AvgIpc) is 2.48. The number of rotatable bonds is 8. The van der Waals surface area contributed by atoms with Crippen molar-refractivity contribution in [2.75, 3.05) is 6.61 Å². The van der Waals surface area contributed by atoms with Gasteiger partial charge in [-0.3, -0.25) is 4.79 Å². The Bertz CT molecular complexity index is 462. The summed E-state index contributed by atoms with van der Waals surface area (Å²) in [7, 11) is 0. The Labute approximate surface area is 126 Å². The molecule has 0 aliphatic carbocycles. The lowest BCUT2D eigenvalue weighted by atomic mass is 10.2. The van der Waals surface area contributed by atoms with Gasteiger partial charge in [0.2, 0.25) is 0 Å². The van der Waals surface area contributed by atoms with E-state index < -0.39 is 6.10 Å². The van der Waals surface area contributed by atoms with Crippen molar-refractivity contribution in [2.24, 2.45) is 0 Å². The number of benzene rings is 1. The summed E-state index contributed by atoms with van der Waals surface area (Å²) in [5.74, 6) is 0.881. The minimum Gasteiger partial charge on any atom is -0.490 e. The van der Waals surface area contributed by atoms with Crippen LogP contribution in [0.25, 0.3) is 0 Å². The van der Waals surface area contributed by atoms with Gasteiger partial charge in [-0.15, -0.1) is 0 Å². The van der Waals surface area contributed by atoms with Crippen molar-refractivity contribution in [1.82, 2.24) is 5.32 Å². The van der Waals surface area contributed by atoms with Crippen molar-refractivity contribution in [1.29, 1.82) is 0 Å². The van der Waals surface area contributed by atoms with Gasteiger partial charge in [0.05, 0.1) is 13.2 Å². The Kier molecular flexibility index (Phi) is 7.02. The van der Waals surface area contributed by atoms with Crippen LogP contribution in [0, 0.1) is 0 Å². The van der Waals surface area contributed by atoms with Crippen molar-refractivity contribution in [3.63, 3.8) is 0 Å². The lowest BCUT2D eigenvalue weighted by Gasteiger charge is -2.19. The van der Waals surface area contributed by atoms with E-state index in [-0.39, 0.29) is 18.6 Å². The van der Waals surface area contributed by atoms with Crippen molar-refractivity contribution in [3.8, 4) is 11.5 Å². The highest BCUT2D eigenvalue weighted by molar-refractivity contribution is 5.81. The third-order valence-corrected chi connectivity index (χ3v) is 3.16. The molecular formula is C16H25NO4. The fourth-order valence-electron chi connectivity index (χ4n) is 1.72. The molecule has 2 N–H and O–H groups in total. The summed E-state index contributed by atoms with van der Waals surface area (Å²) < 4.78 is 11.2. The maximum atomic E-state index is 12.0. The molecule has 0 aliphatic heterocycles. The van der Waals surface area contributed by atoms with Gasteiger partial charge < -0.3 is 19.9 Å². The van der Waals surface area contributed by atoms with Crippen LogP contribution in [0.4, 0.5) is 0 Å². The molecular weight excluding hydrogens is 270 g/mol. The standard InChI is InChI=1S/C16H25NO4/c1-5-11(3)17-16(19)12(4)21-14-8-7-13(10-18)9-15(14)20-6-2/h7-9,11-12,18H,5-6,10H2,1-4H3,(H,17,19). The Hall–Kier alpha value is -1.75. The number of amides is 1. The summed E-state index contributed by atoms with van der Waals surface area (Å²) >= 11 is 0. The molecule has 2 atom stereocenters. The van der Waals surface area contributed by atoms with Crippen LogP contribution < -0.4 is 14.8 Å². The van der Waals surface area contributed by atoms with Gasteiger partial charge in [0.25, 0.3) is 5.91 Å². The number of aliphatic hydroxyl groups is 1. The SMILES string of the molecule is CCOc1cc(CO)ccc1OC(C)C(=O)NC(C)CC. The summed E-state index contributed by atoms with van der Waals surface area (Å²) in [5.41, 5.74) is 0.738. The normalized spacial score (nSPS) is 13.4. The van der Waals surface area contributed by atoms with Crippen LogP contribution in [0.5, 0.6) is 11.5 Å². The minimum absolute atomic E-state index is 0.0651. The highest BCUT2D eigenvalue weighted by Gasteiger charge is 2.18. The summed E-state index contributed by atoms with van der Waals surface area (Å²) in [5, 5.41) is 12.0. The highest BCUT2D eigenvalue weighted by Crippen LogP contribution is 2.29. The lowest BCUT2D eigenvalue weighted by molar-refractivity contribution is -0.127. The second kappa shape index (κ2) is 8.52. The number of carbonyl (C=O) groups is 1. The summed E-state index contributed by atoms with van der Waals surface area (Å²) in [6.45, 7) is 7.95. The molecule has 118 valence electrons. The first-order chi connectivity index (χ1) is 10.0. The molecule has 1 aromatic rings. The molecule has 0 radical (unpaired) electrons. The van der Waals surface area contributed by atoms with E-state index in [1.165, 1.54) is 0 Å². The number of aliphatic hydroxyl groups excluding tert-OH is 1. The van der Waals surface area contributed by atoms with Gasteiger partial charge in [-0.05, 0) is 44.9 Å². The van der Waals surface area contributed by atoms with Crippen molar-refractivity contribution in [3.05, 3.63) is 23.8 Å². The zero-order valence-electron chi connectivity index (χ0n) is 13.2. The zero-order valence-corrected chi connectivity index (χ0v) is 13.2. The highest BCUT2D eigenvalue weighted by atomic mass is 16.5. The van der Waals surface area contributed by atoms with Crippen LogP contribution in [0.2, 0.25) is 0 Å². The molecule has 5 nitrogen and oxygen atoms in total. The van der Waals surface area contributed by atoms with Crippen molar-refractivity contribution >= 4 is 5.91 Å². The third kappa shape index (κ3) is 5.27. The molecule has 0 heterocycles. The Morgan fingerprint density at radius 2 is 2.00 bits per heavy atom. The monoisotopic (exact) mass is 295 g/mol. The average molecular weight is 295 g/mol. The first-order valence-corrected chi connectivity index (χ1v) is 7.35. The Balaban J connectivity index is 2.78. The van der Waals surface area contributed by atoms with E-state index in [1.54, 1.807) is 25.1 Å². The van der Waals surface area contributed by atoms with Crippen LogP contribution >= 0.6 is 0 Å². The quantitative estimate of drug-likeness (QED) is 0.772. The number of hydrogen-bond donors (Lipinski definition) is 2. The molecule has 0 aliphatic rings. The first kappa shape index (κ1) is 17.3. The molecule has 0 fully saturated rings. The molecule has 0 saturated carbocycles. The van der Waals surface area contributed by atoms with Crippen LogP contribution in [0.1, 0.15) is 39.7 Å². The van der Waals surface area contributed by atoms with Crippen LogP contribution in [-0.4, -0.2) is 29.8 Å². The molecule has 5 heteroatoms. The Morgan fingerprint density at radius 1 is 1.29 bits per heavy atom. The van der Waals surface area contributed by atoms with Crippen molar-refractivity contribution < 1.29 is 19.4 Å². The summed E-state index contributed by atoms with van der Waals surface area (Å²) in [4.78, 5) is 12.0. The molecule has 1 amide bonds. The molecule has 0 saturated heterocycles. The number of nitrogens with one attached hydrogen (secondary N) is 1. The molecule has 2 unspecified atom stereocenters. The van der Waals surface area contributed by atoms with Gasteiger partial charge >= 0.3 is 0 Å². The van der Waals surface area contributed by atoms with Gasteiger partial charge in [0.15, 0.2) is 17.6 Å². The largest absolute Gasteiger partial charge is 0.490 e. The van der Waals surface area contributed by atoms with Gasteiger partial charge in [-0.2, -0.15) is 0 Å². The first-order valence-electron chi connectivity index (χ1n) is 7.35. The minimum atomic E-state index is -0.613. The van der Waals surface area contributed by atoms with Gasteiger partial charge in [0, 0.05) is 6.04 Å². The van der Waals surface area contributed by atoms with Gasteiger partial charge in [0.1, 0.15) is 0 Å². The maximum Gasteiger partial charge on any atom is 0.260 e. The third-order valence-electron chi connectivity index (χ3n) is 3.16. The smallest absolute Gasteiger partial charge is 0.260 e. The fraction of sp³-hybridized carbons (Fsp3) is 0.562. The predicted octanol–water partition coefficient (Wildman–Crippen LogP) is 2.26. The fourth-order valence-corrected chi connectivity index (χ4v) is 1.72. The topological polar surface area (TPSA) is 67.8 Å². The molecule has 1 aromatic carbocycles. The van der Waals surface area contributed by atoms with Gasteiger partial charge in [-0.25, -0.2) is 0 Å². The summed E-state index contributed by atoms with van der Waals surface area (Å²) in [6.07, 6.45) is 0.256. The van der Waals surface area contributed by atoms with Gasteiger partial charge in [-0.1, -0.05) is 13.0 Å². The van der Waals surface area contributed by atoms with Crippen LogP contribution in [-0.2, 0) is 11.4 Å². The molecule has 0 aromatic heterocycles. The van der Waals surface area contributed by atoms with E-state index in [4.69, 9.17) is 14.6 Å². The summed E-state index contributed by atoms with van der Waals surface area (Å²) in [6, 6.07) is 5.30. The van der Waals surface area contributed by atoms with E-state index in [9.17, 15) is 4.79 Å². The molecule has 21 heavy (non-hydrogen) atoms. The number of carbonyl (C=O) groups excluding carboxylic acids is 1. The number of hydrogen-bond acceptors (Lipinski definition) is 4. The second-order valence-electron chi connectivity index (χ2n) is 4.95. The Morgan fingerprint density at radius 3 is 2.57 bits per heavy atom. The number of ether oxygens (including phenoxy) is 2. The maximum absolute atomic E-state index is 12.0. The second-order valence-corrected chi connectivity index (χ2v) is 4.95. The molecule has 1 rings (SSSR count). The van der Waals surface area contributed by atoms with E-state index in [1.807, 2.05) is 20.8 Å². The van der Waals surface area contributed by atoms with E-state index >= 15 is 0 Å². The molecule has 0 spiro atoms.